The summed E-state index contributed by atoms with van der Waals surface area (Å²) in [5.74, 6) is 0. The zero-order chi connectivity index (χ0) is 12.1. The number of halogens is 1. The molecule has 0 spiro atoms. The van der Waals surface area contributed by atoms with E-state index in [1.165, 1.54) is 12.0 Å². The minimum absolute atomic E-state index is 0.00487. The largest absolute Gasteiger partial charge is 0.237 e. The minimum atomic E-state index is 0.00487. The summed E-state index contributed by atoms with van der Waals surface area (Å²) in [7, 11) is 0. The number of benzene rings is 1. The second-order valence-electron chi connectivity index (χ2n) is 4.92. The molecule has 1 aromatic carbocycles. The quantitative estimate of drug-likeness (QED) is 0.704. The maximum Gasteiger partial charge on any atom is 0.0830 e. The molecule has 1 aromatic rings. The molecule has 0 saturated heterocycles. The van der Waals surface area contributed by atoms with Gasteiger partial charge in [-0.3, -0.25) is 0 Å². The lowest BCUT2D eigenvalue weighted by atomic mass is 9.72. The highest BCUT2D eigenvalue weighted by Gasteiger charge is 2.28. The molecular weight excluding hydrogens is 232 g/mol. The Morgan fingerprint density at radius 1 is 1.35 bits per heavy atom. The van der Waals surface area contributed by atoms with E-state index in [0.29, 0.717) is 0 Å². The Labute approximate surface area is 108 Å². The second-order valence-corrected chi connectivity index (χ2v) is 5.35. The summed E-state index contributed by atoms with van der Waals surface area (Å²) in [5, 5.41) is 11.8. The first-order chi connectivity index (χ1) is 8.24. The van der Waals surface area contributed by atoms with Crippen LogP contribution in [-0.4, -0.2) is 6.61 Å². The van der Waals surface area contributed by atoms with Gasteiger partial charge in [0.1, 0.15) is 0 Å². The average Bonchev–Trinajstić information content (AvgIpc) is 2.30. The predicted octanol–water partition coefficient (Wildman–Crippen LogP) is 4.43. The van der Waals surface area contributed by atoms with Gasteiger partial charge in [0.25, 0.3) is 0 Å². The van der Waals surface area contributed by atoms with Crippen molar-refractivity contribution >= 4 is 11.6 Å². The van der Waals surface area contributed by atoms with Crippen molar-refractivity contribution in [1.82, 2.24) is 0 Å². The molecule has 0 amide bonds. The first-order valence-electron chi connectivity index (χ1n) is 6.24. The van der Waals surface area contributed by atoms with Gasteiger partial charge in [0.15, 0.2) is 0 Å². The van der Waals surface area contributed by atoms with Crippen molar-refractivity contribution in [3.8, 4) is 0 Å². The zero-order valence-corrected chi connectivity index (χ0v) is 10.7. The number of allylic oxidation sites excluding steroid dienone is 2. The highest BCUT2D eigenvalue weighted by atomic mass is 35.5. The zero-order valence-electron chi connectivity index (χ0n) is 9.99. The molecule has 0 N–H and O–H groups in total. The molecule has 0 aliphatic heterocycles. The first-order valence-corrected chi connectivity index (χ1v) is 6.62. The molecule has 2 rings (SSSR count). The molecule has 0 heterocycles. The van der Waals surface area contributed by atoms with E-state index in [1.54, 1.807) is 0 Å². The first kappa shape index (κ1) is 12.7. The summed E-state index contributed by atoms with van der Waals surface area (Å²) >= 11 is 6.01. The lowest BCUT2D eigenvalue weighted by Gasteiger charge is -2.32. The third-order valence-corrected chi connectivity index (χ3v) is 3.80. The smallest absolute Gasteiger partial charge is 0.0830 e. The fourth-order valence-corrected chi connectivity index (χ4v) is 2.90. The van der Waals surface area contributed by atoms with Crippen LogP contribution in [0.5, 0.6) is 0 Å². The molecule has 0 fully saturated rings. The summed E-state index contributed by atoms with van der Waals surface area (Å²) in [4.78, 5) is 0. The van der Waals surface area contributed by atoms with Crippen LogP contribution in [0.25, 0.3) is 0 Å². The van der Waals surface area contributed by atoms with E-state index in [0.717, 1.165) is 30.7 Å². The number of rotatable bonds is 4. The van der Waals surface area contributed by atoms with Crippen LogP contribution < -0.4 is 0 Å². The minimum Gasteiger partial charge on any atom is -0.237 e. The second kappa shape index (κ2) is 5.70. The van der Waals surface area contributed by atoms with Crippen molar-refractivity contribution in [1.29, 1.82) is 0 Å². The van der Waals surface area contributed by atoms with E-state index in [2.05, 4.69) is 18.2 Å². The van der Waals surface area contributed by atoms with E-state index >= 15 is 0 Å². The highest BCUT2D eigenvalue weighted by molar-refractivity contribution is 6.30. The highest BCUT2D eigenvalue weighted by Crippen LogP contribution is 2.38. The van der Waals surface area contributed by atoms with Crippen LogP contribution in [-0.2, 0) is 11.5 Å². The van der Waals surface area contributed by atoms with Crippen molar-refractivity contribution in [2.75, 3.05) is 6.61 Å². The van der Waals surface area contributed by atoms with Gasteiger partial charge in [-0.05, 0) is 55.2 Å². The molecule has 91 valence electrons. The molecule has 2 heteroatoms. The summed E-state index contributed by atoms with van der Waals surface area (Å²) < 4.78 is 0. The van der Waals surface area contributed by atoms with Gasteiger partial charge in [0.2, 0.25) is 0 Å². The van der Waals surface area contributed by atoms with Gasteiger partial charge in [-0.1, -0.05) is 35.9 Å². The Kier molecular flexibility index (Phi) is 4.25. The Balaban J connectivity index is 2.17. The third-order valence-electron chi connectivity index (χ3n) is 3.56. The van der Waals surface area contributed by atoms with Crippen molar-refractivity contribution in [3.05, 3.63) is 47.0 Å². The van der Waals surface area contributed by atoms with Gasteiger partial charge in [-0.2, -0.15) is 0 Å². The summed E-state index contributed by atoms with van der Waals surface area (Å²) in [6.45, 7) is 0.00487. The molecule has 0 bridgehead atoms. The Hall–Kier alpha value is -0.790. The summed E-state index contributed by atoms with van der Waals surface area (Å²) in [5.41, 5.74) is 1.31. The van der Waals surface area contributed by atoms with Gasteiger partial charge in [0.05, 0.1) is 6.61 Å². The third kappa shape index (κ3) is 3.34. The fourth-order valence-electron chi connectivity index (χ4n) is 2.69. The van der Waals surface area contributed by atoms with E-state index in [-0.39, 0.29) is 12.0 Å². The molecule has 0 saturated carbocycles. The van der Waals surface area contributed by atoms with Crippen LogP contribution in [0.2, 0.25) is 5.02 Å². The molecule has 1 aliphatic carbocycles. The van der Waals surface area contributed by atoms with Crippen LogP contribution in [0.4, 0.5) is 0 Å². The Bertz CT molecular complexity index is 400. The lowest BCUT2D eigenvalue weighted by Crippen LogP contribution is -2.24. The molecule has 1 radical (unpaired) electrons. The average molecular weight is 250 g/mol. The maximum atomic E-state index is 11.0. The predicted molar refractivity (Wildman–Crippen MR) is 70.8 cm³/mol. The van der Waals surface area contributed by atoms with Gasteiger partial charge in [-0.15, -0.1) is 0 Å². The summed E-state index contributed by atoms with van der Waals surface area (Å²) in [6, 6.07) is 7.98. The van der Waals surface area contributed by atoms with Crippen molar-refractivity contribution in [2.24, 2.45) is 5.41 Å². The molecule has 1 nitrogen and oxygen atoms in total. The number of hydrogen-bond donors (Lipinski definition) is 0. The van der Waals surface area contributed by atoms with Gasteiger partial charge in [-0.25, -0.2) is 5.11 Å². The van der Waals surface area contributed by atoms with E-state index in [9.17, 15) is 5.11 Å². The van der Waals surface area contributed by atoms with Crippen molar-refractivity contribution in [3.63, 3.8) is 0 Å². The molecule has 1 unspecified atom stereocenters. The van der Waals surface area contributed by atoms with Gasteiger partial charge >= 0.3 is 0 Å². The van der Waals surface area contributed by atoms with Crippen LogP contribution >= 0.6 is 11.6 Å². The maximum absolute atomic E-state index is 11.0. The normalized spacial score (nSPS) is 23.9. The summed E-state index contributed by atoms with van der Waals surface area (Å²) in [6.07, 6.45) is 9.62. The topological polar surface area (TPSA) is 19.9 Å². The van der Waals surface area contributed by atoms with E-state index < -0.39 is 0 Å². The molecule has 0 aromatic heterocycles. The molecular formula is C15H18ClO. The van der Waals surface area contributed by atoms with Gasteiger partial charge < -0.3 is 0 Å². The van der Waals surface area contributed by atoms with Crippen LogP contribution in [0, 0.1) is 5.41 Å². The standard InChI is InChI=1S/C15H18ClO/c16-14-6-4-5-13(11-14)12-15(9-10-17)7-2-1-3-8-15/h2,4-7,11H,1,3,8-10,12H2. The van der Waals surface area contributed by atoms with Crippen LogP contribution in [0.1, 0.15) is 31.2 Å². The number of hydrogen-bond acceptors (Lipinski definition) is 0. The van der Waals surface area contributed by atoms with E-state index in [1.807, 2.05) is 18.2 Å². The molecule has 1 aliphatic rings. The van der Waals surface area contributed by atoms with Crippen LogP contribution in [0.3, 0.4) is 0 Å². The molecule has 1 atom stereocenters. The van der Waals surface area contributed by atoms with Crippen molar-refractivity contribution in [2.45, 2.75) is 32.1 Å². The fraction of sp³-hybridized carbons (Fsp3) is 0.467. The monoisotopic (exact) mass is 249 g/mol. The Morgan fingerprint density at radius 2 is 2.24 bits per heavy atom. The van der Waals surface area contributed by atoms with Crippen LogP contribution in [0.15, 0.2) is 36.4 Å². The SMILES string of the molecule is [O]CCC1(Cc2cccc(Cl)c2)C=CCCC1. The van der Waals surface area contributed by atoms with Gasteiger partial charge in [0, 0.05) is 5.02 Å². The molecule has 17 heavy (non-hydrogen) atoms. The van der Waals surface area contributed by atoms with Crippen molar-refractivity contribution < 1.29 is 5.11 Å². The Morgan fingerprint density at radius 3 is 2.88 bits per heavy atom. The van der Waals surface area contributed by atoms with E-state index in [4.69, 9.17) is 11.6 Å². The lowest BCUT2D eigenvalue weighted by molar-refractivity contribution is 0.140.